The highest BCUT2D eigenvalue weighted by atomic mass is 35.5. The molecular weight excluding hydrogens is 242 g/mol. The van der Waals surface area contributed by atoms with Gasteiger partial charge in [-0.15, -0.1) is 11.6 Å². The van der Waals surface area contributed by atoms with Crippen LogP contribution in [0.15, 0.2) is 42.7 Å². The monoisotopic (exact) mass is 259 g/mol. The van der Waals surface area contributed by atoms with Gasteiger partial charge in [0.1, 0.15) is 0 Å². The molecule has 0 amide bonds. The normalized spacial score (nSPS) is 14.2. The topological polar surface area (TPSA) is 12.9 Å². The number of benzene rings is 1. The molecule has 0 aliphatic rings. The Balaban J connectivity index is 2.31. The number of pyridine rings is 1. The van der Waals surface area contributed by atoms with Gasteiger partial charge in [-0.25, -0.2) is 0 Å². The van der Waals surface area contributed by atoms with Crippen LogP contribution in [-0.2, 0) is 0 Å². The third-order valence-corrected chi connectivity index (χ3v) is 4.02. The Bertz CT molecular complexity index is 522. The zero-order valence-corrected chi connectivity index (χ0v) is 11.8. The Labute approximate surface area is 114 Å². The molecule has 0 saturated heterocycles. The Morgan fingerprint density at radius 2 is 1.72 bits per heavy atom. The van der Waals surface area contributed by atoms with Crippen molar-refractivity contribution >= 4 is 11.6 Å². The van der Waals surface area contributed by atoms with Crippen molar-refractivity contribution in [2.24, 2.45) is 0 Å². The minimum atomic E-state index is -0.00713. The lowest BCUT2D eigenvalue weighted by molar-refractivity contribution is 0.726. The minimum absolute atomic E-state index is 0.00713. The summed E-state index contributed by atoms with van der Waals surface area (Å²) < 4.78 is 0. The maximum atomic E-state index is 6.65. The molecule has 0 fully saturated rings. The first-order chi connectivity index (χ1) is 8.59. The molecule has 0 spiro atoms. The third-order valence-electron chi connectivity index (χ3n) is 3.40. The molecule has 0 bridgehead atoms. The smallest absolute Gasteiger partial charge is 0.0653 e. The highest BCUT2D eigenvalue weighted by molar-refractivity contribution is 6.21. The summed E-state index contributed by atoms with van der Waals surface area (Å²) in [6, 6.07) is 10.5. The average molecular weight is 260 g/mol. The Morgan fingerprint density at radius 1 is 1.06 bits per heavy atom. The molecule has 1 aromatic heterocycles. The Kier molecular flexibility index (Phi) is 4.03. The number of hydrogen-bond donors (Lipinski definition) is 0. The summed E-state index contributed by atoms with van der Waals surface area (Å²) in [4.78, 5) is 4.05. The number of alkyl halides is 1. The molecule has 2 heteroatoms. The first-order valence-corrected chi connectivity index (χ1v) is 6.64. The van der Waals surface area contributed by atoms with E-state index in [0.717, 1.165) is 0 Å². The summed E-state index contributed by atoms with van der Waals surface area (Å²) in [5.41, 5.74) is 4.96. The van der Waals surface area contributed by atoms with Crippen LogP contribution in [0.2, 0.25) is 0 Å². The van der Waals surface area contributed by atoms with Gasteiger partial charge in [-0.3, -0.25) is 4.98 Å². The lowest BCUT2D eigenvalue weighted by Crippen LogP contribution is -2.04. The summed E-state index contributed by atoms with van der Waals surface area (Å²) in [5.74, 6) is 0.273. The molecule has 2 unspecified atom stereocenters. The van der Waals surface area contributed by atoms with Crippen molar-refractivity contribution in [3.8, 4) is 0 Å². The van der Waals surface area contributed by atoms with E-state index < -0.39 is 0 Å². The molecule has 0 aliphatic carbocycles. The SMILES string of the molecule is Cc1ccc(C)c(C(Cl)C(C)c2ccncc2)c1. The van der Waals surface area contributed by atoms with E-state index in [-0.39, 0.29) is 11.3 Å². The van der Waals surface area contributed by atoms with E-state index >= 15 is 0 Å². The minimum Gasteiger partial charge on any atom is -0.265 e. The van der Waals surface area contributed by atoms with Gasteiger partial charge in [-0.05, 0) is 42.7 Å². The molecule has 18 heavy (non-hydrogen) atoms. The molecule has 0 radical (unpaired) electrons. The van der Waals surface area contributed by atoms with Gasteiger partial charge in [0.15, 0.2) is 0 Å². The van der Waals surface area contributed by atoms with Gasteiger partial charge in [0, 0.05) is 18.3 Å². The molecule has 2 atom stereocenters. The fraction of sp³-hybridized carbons (Fsp3) is 0.312. The molecule has 1 aromatic carbocycles. The Morgan fingerprint density at radius 3 is 2.39 bits per heavy atom. The van der Waals surface area contributed by atoms with Crippen molar-refractivity contribution in [3.05, 3.63) is 65.0 Å². The van der Waals surface area contributed by atoms with Crippen LogP contribution in [0.4, 0.5) is 0 Å². The van der Waals surface area contributed by atoms with Gasteiger partial charge >= 0.3 is 0 Å². The van der Waals surface area contributed by atoms with Crippen LogP contribution < -0.4 is 0 Å². The maximum Gasteiger partial charge on any atom is 0.0653 e. The lowest BCUT2D eigenvalue weighted by Gasteiger charge is -2.21. The van der Waals surface area contributed by atoms with E-state index in [2.05, 4.69) is 44.0 Å². The number of rotatable bonds is 3. The molecule has 2 rings (SSSR count). The van der Waals surface area contributed by atoms with Crippen molar-refractivity contribution in [1.82, 2.24) is 4.98 Å². The van der Waals surface area contributed by atoms with E-state index in [1.807, 2.05) is 24.5 Å². The number of nitrogens with zero attached hydrogens (tertiary/aromatic N) is 1. The summed E-state index contributed by atoms with van der Waals surface area (Å²) >= 11 is 6.65. The number of aryl methyl sites for hydroxylation is 2. The molecule has 0 N–H and O–H groups in total. The highest BCUT2D eigenvalue weighted by Crippen LogP contribution is 2.37. The van der Waals surface area contributed by atoms with Crippen LogP contribution in [0, 0.1) is 13.8 Å². The van der Waals surface area contributed by atoms with E-state index in [1.54, 1.807) is 0 Å². The van der Waals surface area contributed by atoms with Crippen LogP contribution >= 0.6 is 11.6 Å². The second-order valence-electron chi connectivity index (χ2n) is 4.83. The summed E-state index contributed by atoms with van der Waals surface area (Å²) in [7, 11) is 0. The second kappa shape index (κ2) is 5.53. The van der Waals surface area contributed by atoms with Gasteiger partial charge in [0.2, 0.25) is 0 Å². The van der Waals surface area contributed by atoms with Gasteiger partial charge in [-0.1, -0.05) is 30.7 Å². The summed E-state index contributed by atoms with van der Waals surface area (Å²) in [6.45, 7) is 6.38. The molecule has 1 nitrogen and oxygen atoms in total. The Hall–Kier alpha value is -1.34. The highest BCUT2D eigenvalue weighted by Gasteiger charge is 2.19. The average Bonchev–Trinajstić information content (AvgIpc) is 2.41. The quantitative estimate of drug-likeness (QED) is 0.723. The van der Waals surface area contributed by atoms with Gasteiger partial charge < -0.3 is 0 Å². The van der Waals surface area contributed by atoms with Crippen LogP contribution in [-0.4, -0.2) is 4.98 Å². The summed E-state index contributed by atoms with van der Waals surface area (Å²) in [5, 5.41) is -0.00713. The zero-order chi connectivity index (χ0) is 13.1. The molecular formula is C16H18ClN. The van der Waals surface area contributed by atoms with Crippen molar-refractivity contribution in [3.63, 3.8) is 0 Å². The van der Waals surface area contributed by atoms with Gasteiger partial charge in [-0.2, -0.15) is 0 Å². The molecule has 1 heterocycles. The molecule has 0 saturated carbocycles. The molecule has 2 aromatic rings. The van der Waals surface area contributed by atoms with Crippen molar-refractivity contribution < 1.29 is 0 Å². The van der Waals surface area contributed by atoms with E-state index in [9.17, 15) is 0 Å². The first kappa shape index (κ1) is 13.1. The number of halogens is 1. The fourth-order valence-corrected chi connectivity index (χ4v) is 2.54. The van der Waals surface area contributed by atoms with Crippen LogP contribution in [0.3, 0.4) is 0 Å². The van der Waals surface area contributed by atoms with Crippen LogP contribution in [0.25, 0.3) is 0 Å². The van der Waals surface area contributed by atoms with Crippen molar-refractivity contribution in [2.45, 2.75) is 32.1 Å². The van der Waals surface area contributed by atoms with Gasteiger partial charge in [0.05, 0.1) is 5.38 Å². The molecule has 94 valence electrons. The standard InChI is InChI=1S/C16H18ClN/c1-11-4-5-12(2)15(10-11)16(17)13(3)14-6-8-18-9-7-14/h4-10,13,16H,1-3H3. The maximum absolute atomic E-state index is 6.65. The second-order valence-corrected chi connectivity index (χ2v) is 5.30. The van der Waals surface area contributed by atoms with E-state index in [1.165, 1.54) is 22.3 Å². The zero-order valence-electron chi connectivity index (χ0n) is 11.0. The number of aromatic nitrogens is 1. The van der Waals surface area contributed by atoms with Crippen LogP contribution in [0.5, 0.6) is 0 Å². The predicted molar refractivity (Wildman–Crippen MR) is 77.2 cm³/mol. The largest absolute Gasteiger partial charge is 0.265 e. The van der Waals surface area contributed by atoms with Crippen molar-refractivity contribution in [1.29, 1.82) is 0 Å². The van der Waals surface area contributed by atoms with Crippen LogP contribution in [0.1, 0.15) is 40.5 Å². The van der Waals surface area contributed by atoms with E-state index in [0.29, 0.717) is 0 Å². The predicted octanol–water partition coefficient (Wildman–Crippen LogP) is 4.78. The first-order valence-electron chi connectivity index (χ1n) is 6.20. The van der Waals surface area contributed by atoms with E-state index in [4.69, 9.17) is 11.6 Å². The number of hydrogen-bond acceptors (Lipinski definition) is 1. The molecule has 0 aliphatic heterocycles. The summed E-state index contributed by atoms with van der Waals surface area (Å²) in [6.07, 6.45) is 3.64. The third kappa shape index (κ3) is 2.73. The van der Waals surface area contributed by atoms with Crippen molar-refractivity contribution in [2.75, 3.05) is 0 Å². The lowest BCUT2D eigenvalue weighted by atomic mass is 9.91. The van der Waals surface area contributed by atoms with Gasteiger partial charge in [0.25, 0.3) is 0 Å². The fourth-order valence-electron chi connectivity index (χ4n) is 2.16.